The Morgan fingerprint density at radius 3 is 2.84 bits per heavy atom. The number of hydrogen-bond donors (Lipinski definition) is 3. The SMILES string of the molecule is OCC[C@@H](c1ccc2cc[nH]c2c1)N1CCNCC1. The van der Waals surface area contributed by atoms with E-state index >= 15 is 0 Å². The summed E-state index contributed by atoms with van der Waals surface area (Å²) in [5.41, 5.74) is 2.47. The first-order valence-corrected chi connectivity index (χ1v) is 7.01. The largest absolute Gasteiger partial charge is 0.396 e. The summed E-state index contributed by atoms with van der Waals surface area (Å²) in [6, 6.07) is 8.98. The van der Waals surface area contributed by atoms with Crippen LogP contribution in [0.15, 0.2) is 30.5 Å². The Morgan fingerprint density at radius 1 is 1.21 bits per heavy atom. The van der Waals surface area contributed by atoms with E-state index in [1.54, 1.807) is 0 Å². The van der Waals surface area contributed by atoms with Gasteiger partial charge in [-0.2, -0.15) is 0 Å². The van der Waals surface area contributed by atoms with Gasteiger partial charge in [0.1, 0.15) is 0 Å². The quantitative estimate of drug-likeness (QED) is 0.780. The maximum Gasteiger partial charge on any atom is 0.0457 e. The van der Waals surface area contributed by atoms with E-state index in [1.807, 2.05) is 6.20 Å². The highest BCUT2D eigenvalue weighted by Gasteiger charge is 2.21. The Labute approximate surface area is 113 Å². The van der Waals surface area contributed by atoms with Crippen LogP contribution in [0.4, 0.5) is 0 Å². The summed E-state index contributed by atoms with van der Waals surface area (Å²) in [6.07, 6.45) is 2.77. The van der Waals surface area contributed by atoms with Crippen LogP contribution in [0, 0.1) is 0 Å². The van der Waals surface area contributed by atoms with E-state index in [0.717, 1.165) is 32.6 Å². The van der Waals surface area contributed by atoms with Gasteiger partial charge in [0.25, 0.3) is 0 Å². The van der Waals surface area contributed by atoms with Crippen LogP contribution in [-0.2, 0) is 0 Å². The fraction of sp³-hybridized carbons (Fsp3) is 0.467. The molecule has 0 amide bonds. The molecule has 0 spiro atoms. The number of fused-ring (bicyclic) bond motifs is 1. The zero-order valence-electron chi connectivity index (χ0n) is 11.1. The van der Waals surface area contributed by atoms with Crippen molar-refractivity contribution in [3.63, 3.8) is 0 Å². The number of rotatable bonds is 4. The lowest BCUT2D eigenvalue weighted by molar-refractivity contribution is 0.141. The van der Waals surface area contributed by atoms with Crippen LogP contribution in [0.1, 0.15) is 18.0 Å². The van der Waals surface area contributed by atoms with Crippen LogP contribution in [0.25, 0.3) is 10.9 Å². The molecule has 1 atom stereocenters. The monoisotopic (exact) mass is 259 g/mol. The molecule has 0 unspecified atom stereocenters. The van der Waals surface area contributed by atoms with E-state index < -0.39 is 0 Å². The van der Waals surface area contributed by atoms with Gasteiger partial charge < -0.3 is 15.4 Å². The maximum absolute atomic E-state index is 9.35. The molecule has 0 radical (unpaired) electrons. The van der Waals surface area contributed by atoms with E-state index in [1.165, 1.54) is 16.5 Å². The van der Waals surface area contributed by atoms with E-state index in [-0.39, 0.29) is 6.61 Å². The minimum atomic E-state index is 0.233. The third-order valence-corrected chi connectivity index (χ3v) is 3.96. The van der Waals surface area contributed by atoms with Gasteiger partial charge in [0, 0.05) is 50.5 Å². The summed E-state index contributed by atoms with van der Waals surface area (Å²) in [7, 11) is 0. The number of aromatic amines is 1. The molecule has 1 aliphatic heterocycles. The van der Waals surface area contributed by atoms with Crippen LogP contribution >= 0.6 is 0 Å². The Morgan fingerprint density at radius 2 is 2.05 bits per heavy atom. The van der Waals surface area contributed by atoms with Crippen molar-refractivity contribution < 1.29 is 5.11 Å². The van der Waals surface area contributed by atoms with Crippen LogP contribution in [0.3, 0.4) is 0 Å². The number of H-pyrrole nitrogens is 1. The summed E-state index contributed by atoms with van der Waals surface area (Å²) < 4.78 is 0. The molecule has 4 heteroatoms. The van der Waals surface area contributed by atoms with Gasteiger partial charge in [-0.25, -0.2) is 0 Å². The van der Waals surface area contributed by atoms with Crippen molar-refractivity contribution in [2.75, 3.05) is 32.8 Å². The molecule has 1 saturated heterocycles. The Balaban J connectivity index is 1.88. The Bertz CT molecular complexity index is 531. The van der Waals surface area contributed by atoms with Crippen LogP contribution in [-0.4, -0.2) is 47.8 Å². The summed E-state index contributed by atoms with van der Waals surface area (Å²) in [6.45, 7) is 4.40. The fourth-order valence-electron chi connectivity index (χ4n) is 2.95. The first kappa shape index (κ1) is 12.7. The van der Waals surface area contributed by atoms with Crippen LogP contribution < -0.4 is 5.32 Å². The van der Waals surface area contributed by atoms with Gasteiger partial charge in [0.05, 0.1) is 0 Å². The van der Waals surface area contributed by atoms with Crippen LogP contribution in [0.2, 0.25) is 0 Å². The molecule has 2 heterocycles. The highest BCUT2D eigenvalue weighted by molar-refractivity contribution is 5.79. The minimum absolute atomic E-state index is 0.233. The third-order valence-electron chi connectivity index (χ3n) is 3.96. The van der Waals surface area contributed by atoms with Crippen LogP contribution in [0.5, 0.6) is 0 Å². The second kappa shape index (κ2) is 5.74. The van der Waals surface area contributed by atoms with E-state index in [2.05, 4.69) is 39.5 Å². The first-order chi connectivity index (χ1) is 9.38. The first-order valence-electron chi connectivity index (χ1n) is 7.01. The number of aliphatic hydroxyl groups is 1. The highest BCUT2D eigenvalue weighted by Crippen LogP contribution is 2.27. The molecule has 1 fully saturated rings. The number of nitrogens with one attached hydrogen (secondary N) is 2. The third kappa shape index (κ3) is 2.66. The van der Waals surface area contributed by atoms with Crippen molar-refractivity contribution in [3.05, 3.63) is 36.0 Å². The molecule has 2 aromatic rings. The zero-order chi connectivity index (χ0) is 13.1. The average molecular weight is 259 g/mol. The number of nitrogens with zero attached hydrogens (tertiary/aromatic N) is 1. The number of hydrogen-bond acceptors (Lipinski definition) is 3. The number of aliphatic hydroxyl groups excluding tert-OH is 1. The molecule has 0 saturated carbocycles. The lowest BCUT2D eigenvalue weighted by Gasteiger charge is -2.35. The molecule has 4 nitrogen and oxygen atoms in total. The topological polar surface area (TPSA) is 51.3 Å². The predicted octanol–water partition coefficient (Wildman–Crippen LogP) is 1.50. The fourth-order valence-corrected chi connectivity index (χ4v) is 2.95. The van der Waals surface area contributed by atoms with E-state index in [0.29, 0.717) is 6.04 Å². The number of piperazine rings is 1. The summed E-state index contributed by atoms with van der Waals surface area (Å²) in [5.74, 6) is 0. The van der Waals surface area contributed by atoms with Gasteiger partial charge in [-0.15, -0.1) is 0 Å². The molecular formula is C15H21N3O. The lowest BCUT2D eigenvalue weighted by Crippen LogP contribution is -2.45. The van der Waals surface area contributed by atoms with Crippen molar-refractivity contribution in [2.24, 2.45) is 0 Å². The second-order valence-electron chi connectivity index (χ2n) is 5.14. The second-order valence-corrected chi connectivity index (χ2v) is 5.14. The summed E-state index contributed by atoms with van der Waals surface area (Å²) >= 11 is 0. The van der Waals surface area contributed by atoms with Gasteiger partial charge in [0.15, 0.2) is 0 Å². The highest BCUT2D eigenvalue weighted by atomic mass is 16.3. The van der Waals surface area contributed by atoms with Gasteiger partial charge in [-0.3, -0.25) is 4.90 Å². The van der Waals surface area contributed by atoms with Crippen molar-refractivity contribution in [1.82, 2.24) is 15.2 Å². The van der Waals surface area contributed by atoms with Crippen molar-refractivity contribution >= 4 is 10.9 Å². The van der Waals surface area contributed by atoms with E-state index in [4.69, 9.17) is 0 Å². The van der Waals surface area contributed by atoms with Gasteiger partial charge in [-0.1, -0.05) is 12.1 Å². The van der Waals surface area contributed by atoms with Crippen molar-refractivity contribution in [2.45, 2.75) is 12.5 Å². The lowest BCUT2D eigenvalue weighted by atomic mass is 10.0. The molecule has 0 bridgehead atoms. The standard InChI is InChI=1S/C15H21N3O/c19-10-4-15(18-8-6-16-7-9-18)13-2-1-12-3-5-17-14(12)11-13/h1-3,5,11,15-17,19H,4,6-10H2/t15-/m0/s1. The van der Waals surface area contributed by atoms with E-state index in [9.17, 15) is 5.11 Å². The molecule has 1 aliphatic rings. The molecule has 19 heavy (non-hydrogen) atoms. The molecule has 1 aromatic heterocycles. The van der Waals surface area contributed by atoms with Gasteiger partial charge in [-0.05, 0) is 29.5 Å². The zero-order valence-corrected chi connectivity index (χ0v) is 11.1. The molecule has 3 rings (SSSR count). The smallest absolute Gasteiger partial charge is 0.0457 e. The summed E-state index contributed by atoms with van der Waals surface area (Å²) in [5, 5.41) is 14.0. The summed E-state index contributed by atoms with van der Waals surface area (Å²) in [4.78, 5) is 5.74. The number of aromatic nitrogens is 1. The molecule has 102 valence electrons. The molecule has 0 aliphatic carbocycles. The van der Waals surface area contributed by atoms with Crippen molar-refractivity contribution in [1.29, 1.82) is 0 Å². The minimum Gasteiger partial charge on any atom is -0.396 e. The normalized spacial score (nSPS) is 18.8. The average Bonchev–Trinajstić information content (AvgIpc) is 2.93. The van der Waals surface area contributed by atoms with Crippen molar-refractivity contribution in [3.8, 4) is 0 Å². The molecule has 3 N–H and O–H groups in total. The molecule has 1 aromatic carbocycles. The van der Waals surface area contributed by atoms with Gasteiger partial charge >= 0.3 is 0 Å². The maximum atomic E-state index is 9.35. The molecular weight excluding hydrogens is 238 g/mol. The predicted molar refractivity (Wildman–Crippen MR) is 77.2 cm³/mol. The Kier molecular flexibility index (Phi) is 3.82. The Hall–Kier alpha value is -1.36. The number of benzene rings is 1. The van der Waals surface area contributed by atoms with Gasteiger partial charge in [0.2, 0.25) is 0 Å².